The van der Waals surface area contributed by atoms with Crippen molar-refractivity contribution >= 4 is 0 Å². The Morgan fingerprint density at radius 1 is 1.07 bits per heavy atom. The number of nitrogens with zero attached hydrogens (tertiary/aromatic N) is 1. The lowest BCUT2D eigenvalue weighted by Crippen LogP contribution is -2.37. The number of hydrogen-bond donors (Lipinski definition) is 1. The van der Waals surface area contributed by atoms with Gasteiger partial charge in [0.15, 0.2) is 0 Å². The van der Waals surface area contributed by atoms with Crippen molar-refractivity contribution in [2.45, 2.75) is 106 Å². The van der Waals surface area contributed by atoms with Crippen LogP contribution in [0.1, 0.15) is 97.3 Å². The van der Waals surface area contributed by atoms with Crippen molar-refractivity contribution in [1.29, 1.82) is 0 Å². The number of allylic oxidation sites excluding steroid dienone is 2. The maximum Gasteiger partial charge on any atom is 0.0436 e. The first-order valence-electron chi connectivity index (χ1n) is 11.8. The van der Waals surface area contributed by atoms with Gasteiger partial charge in [0.2, 0.25) is 0 Å². The van der Waals surface area contributed by atoms with Gasteiger partial charge in [0, 0.05) is 30.5 Å². The van der Waals surface area contributed by atoms with E-state index in [1.54, 1.807) is 11.1 Å². The smallest absolute Gasteiger partial charge is 0.0436 e. The highest BCUT2D eigenvalue weighted by Gasteiger charge is 2.23. The molecule has 0 amide bonds. The minimum absolute atomic E-state index is 0.261. The number of hydrogen-bond acceptors (Lipinski definition) is 2. The van der Waals surface area contributed by atoms with Crippen molar-refractivity contribution in [3.05, 3.63) is 59.4 Å². The summed E-state index contributed by atoms with van der Waals surface area (Å²) in [6.07, 6.45) is 7.30. The molecule has 1 unspecified atom stereocenters. The fourth-order valence-corrected chi connectivity index (χ4v) is 4.12. The second kappa shape index (κ2) is 10.1. The van der Waals surface area contributed by atoms with Gasteiger partial charge in [-0.2, -0.15) is 0 Å². The lowest BCUT2D eigenvalue weighted by atomic mass is 9.81. The van der Waals surface area contributed by atoms with Gasteiger partial charge < -0.3 is 10.2 Å². The summed E-state index contributed by atoms with van der Waals surface area (Å²) in [5.41, 5.74) is 7.58. The summed E-state index contributed by atoms with van der Waals surface area (Å²) in [6, 6.07) is 7.29. The van der Waals surface area contributed by atoms with Gasteiger partial charge in [0.1, 0.15) is 0 Å². The fraction of sp³-hybridized carbons (Fsp3) is 0.643. The van der Waals surface area contributed by atoms with E-state index in [-0.39, 0.29) is 5.41 Å². The number of nitrogens with one attached hydrogen (secondary N) is 1. The summed E-state index contributed by atoms with van der Waals surface area (Å²) in [5.74, 6) is 0. The molecule has 1 aromatic carbocycles. The number of aryl methyl sites for hydroxylation is 1. The molecule has 0 saturated heterocycles. The average Bonchev–Trinajstić information content (AvgIpc) is 3.08. The number of fused-ring (bicyclic) bond motifs is 1. The monoisotopic (exact) mass is 410 g/mol. The molecule has 1 aromatic rings. The number of rotatable bonds is 11. The lowest BCUT2D eigenvalue weighted by Gasteiger charge is -2.31. The first-order valence-corrected chi connectivity index (χ1v) is 11.8. The summed E-state index contributed by atoms with van der Waals surface area (Å²) in [6.45, 7) is 26.5. The number of unbranched alkanes of at least 4 members (excludes halogenated alkanes) is 1. The van der Waals surface area contributed by atoms with Crippen LogP contribution in [0.3, 0.4) is 0 Å². The molecule has 1 atom stereocenters. The van der Waals surface area contributed by atoms with Gasteiger partial charge in [0.05, 0.1) is 0 Å². The van der Waals surface area contributed by atoms with E-state index >= 15 is 0 Å². The Kier molecular flexibility index (Phi) is 8.25. The summed E-state index contributed by atoms with van der Waals surface area (Å²) in [4.78, 5) is 2.39. The molecule has 0 radical (unpaired) electrons. The Labute approximate surface area is 186 Å². The normalized spacial score (nSPS) is 15.1. The van der Waals surface area contributed by atoms with E-state index in [0.29, 0.717) is 11.5 Å². The zero-order valence-corrected chi connectivity index (χ0v) is 20.8. The Morgan fingerprint density at radius 3 is 2.40 bits per heavy atom. The van der Waals surface area contributed by atoms with E-state index in [4.69, 9.17) is 0 Å². The molecular formula is C28H46N2. The minimum atomic E-state index is 0.261. The van der Waals surface area contributed by atoms with Crippen LogP contribution in [0.4, 0.5) is 0 Å². The van der Waals surface area contributed by atoms with Gasteiger partial charge in [-0.1, -0.05) is 72.4 Å². The highest BCUT2D eigenvalue weighted by Crippen LogP contribution is 2.32. The van der Waals surface area contributed by atoms with Crippen molar-refractivity contribution in [3.63, 3.8) is 0 Å². The molecule has 0 saturated carbocycles. The average molecular weight is 411 g/mol. The van der Waals surface area contributed by atoms with Gasteiger partial charge in [0.25, 0.3) is 0 Å². The maximum absolute atomic E-state index is 4.28. The molecule has 1 aliphatic rings. The van der Waals surface area contributed by atoms with Crippen LogP contribution in [0, 0.1) is 10.8 Å². The van der Waals surface area contributed by atoms with Crippen molar-refractivity contribution in [1.82, 2.24) is 10.2 Å². The molecule has 0 bridgehead atoms. The largest absolute Gasteiger partial charge is 0.386 e. The molecule has 0 spiro atoms. The van der Waals surface area contributed by atoms with Crippen molar-refractivity contribution < 1.29 is 0 Å². The molecule has 30 heavy (non-hydrogen) atoms. The van der Waals surface area contributed by atoms with E-state index in [9.17, 15) is 0 Å². The Balaban J connectivity index is 1.75. The number of benzene rings is 1. The van der Waals surface area contributed by atoms with E-state index < -0.39 is 0 Å². The summed E-state index contributed by atoms with van der Waals surface area (Å²) >= 11 is 0. The molecule has 1 heterocycles. The molecule has 1 aliphatic heterocycles. The predicted octanol–water partition coefficient (Wildman–Crippen LogP) is 7.59. The fourth-order valence-electron chi connectivity index (χ4n) is 4.12. The second-order valence-corrected chi connectivity index (χ2v) is 11.4. The van der Waals surface area contributed by atoms with E-state index in [1.165, 1.54) is 49.1 Å². The standard InChI is InChI=1S/C28H46N2/c1-21(2)30-19-25-15-12-14-24(26(25)20-30)13-10-11-17-28(8,9)18-16-22(3)29-23(4)27(5,6)7/h12,14-15,23,29H,1,3,10-11,13,16-20H2,2,4-9H3. The molecule has 0 fully saturated rings. The highest BCUT2D eigenvalue weighted by atomic mass is 15.1. The first-order chi connectivity index (χ1) is 13.9. The van der Waals surface area contributed by atoms with E-state index in [2.05, 4.69) is 90.0 Å². The van der Waals surface area contributed by atoms with Crippen molar-refractivity contribution in [2.24, 2.45) is 10.8 Å². The van der Waals surface area contributed by atoms with Gasteiger partial charge in [-0.25, -0.2) is 0 Å². The lowest BCUT2D eigenvalue weighted by molar-refractivity contribution is 0.278. The topological polar surface area (TPSA) is 15.3 Å². The molecule has 0 aliphatic carbocycles. The third kappa shape index (κ3) is 7.22. The Morgan fingerprint density at radius 2 is 1.77 bits per heavy atom. The minimum Gasteiger partial charge on any atom is -0.386 e. The molecular weight excluding hydrogens is 364 g/mol. The third-order valence-electron chi connectivity index (χ3n) is 6.99. The summed E-state index contributed by atoms with van der Waals surface area (Å²) in [5, 5.41) is 3.61. The maximum atomic E-state index is 4.28. The summed E-state index contributed by atoms with van der Waals surface area (Å²) < 4.78 is 0. The quantitative estimate of drug-likeness (QED) is 0.378. The molecule has 2 heteroatoms. The van der Waals surface area contributed by atoms with Gasteiger partial charge >= 0.3 is 0 Å². The van der Waals surface area contributed by atoms with Crippen molar-refractivity contribution in [3.8, 4) is 0 Å². The van der Waals surface area contributed by atoms with Crippen molar-refractivity contribution in [2.75, 3.05) is 0 Å². The molecule has 2 rings (SSSR count). The van der Waals surface area contributed by atoms with E-state index in [0.717, 1.165) is 19.5 Å². The zero-order chi connectivity index (χ0) is 22.5. The van der Waals surface area contributed by atoms with Gasteiger partial charge in [-0.3, -0.25) is 0 Å². The first kappa shape index (κ1) is 24.6. The summed E-state index contributed by atoms with van der Waals surface area (Å²) in [7, 11) is 0. The highest BCUT2D eigenvalue weighted by molar-refractivity contribution is 5.39. The second-order valence-electron chi connectivity index (χ2n) is 11.4. The third-order valence-corrected chi connectivity index (χ3v) is 6.99. The van der Waals surface area contributed by atoms with Gasteiger partial charge in [-0.15, -0.1) is 0 Å². The van der Waals surface area contributed by atoms with Crippen LogP contribution in [0.25, 0.3) is 0 Å². The SMILES string of the molecule is C=C(CCC(C)(C)CCCCc1cccc2c1CN(C(=C)C)C2)NC(C)C(C)(C)C. The zero-order valence-electron chi connectivity index (χ0n) is 20.8. The van der Waals surface area contributed by atoms with Crippen LogP contribution in [-0.4, -0.2) is 10.9 Å². The molecule has 1 N–H and O–H groups in total. The van der Waals surface area contributed by atoms with Crippen LogP contribution in [0.5, 0.6) is 0 Å². The van der Waals surface area contributed by atoms with Crippen LogP contribution in [0.15, 0.2) is 42.8 Å². The Bertz CT molecular complexity index is 735. The van der Waals surface area contributed by atoms with Crippen LogP contribution in [-0.2, 0) is 19.5 Å². The van der Waals surface area contributed by atoms with Crippen LogP contribution >= 0.6 is 0 Å². The molecule has 2 nitrogen and oxygen atoms in total. The van der Waals surface area contributed by atoms with Crippen LogP contribution < -0.4 is 5.32 Å². The van der Waals surface area contributed by atoms with Crippen LogP contribution in [0.2, 0.25) is 0 Å². The van der Waals surface area contributed by atoms with Gasteiger partial charge in [-0.05, 0) is 73.5 Å². The molecule has 168 valence electrons. The van der Waals surface area contributed by atoms with E-state index in [1.807, 2.05) is 0 Å². The Hall–Kier alpha value is -1.70. The predicted molar refractivity (Wildman–Crippen MR) is 132 cm³/mol. The molecule has 0 aromatic heterocycles.